The highest BCUT2D eigenvalue weighted by atomic mass is 35.5. The van der Waals surface area contributed by atoms with Crippen molar-refractivity contribution < 1.29 is 4.92 Å². The molecule has 1 aromatic heterocycles. The van der Waals surface area contributed by atoms with Crippen molar-refractivity contribution in [3.63, 3.8) is 0 Å². The molecule has 0 spiro atoms. The van der Waals surface area contributed by atoms with E-state index in [9.17, 15) is 10.1 Å². The van der Waals surface area contributed by atoms with Crippen LogP contribution in [0.1, 0.15) is 0 Å². The molecule has 4 nitrogen and oxygen atoms in total. The second kappa shape index (κ2) is 4.40. The highest BCUT2D eigenvalue weighted by Gasteiger charge is 2.17. The van der Waals surface area contributed by atoms with Gasteiger partial charge in [0.2, 0.25) is 0 Å². The third-order valence-electron chi connectivity index (χ3n) is 2.98. The van der Waals surface area contributed by atoms with Crippen LogP contribution in [0.4, 0.5) is 5.69 Å². The van der Waals surface area contributed by atoms with Crippen molar-refractivity contribution in [2.45, 2.75) is 0 Å². The Morgan fingerprint density at radius 3 is 2.63 bits per heavy atom. The molecule has 0 aliphatic carbocycles. The number of nitro groups is 1. The molecule has 3 rings (SSSR count). The maximum atomic E-state index is 11.1. The molecule has 0 aliphatic rings. The fraction of sp³-hybridized carbons (Fsp3) is 0. The van der Waals surface area contributed by atoms with Gasteiger partial charge in [-0.25, -0.2) is 0 Å². The third kappa shape index (κ3) is 2.06. The maximum Gasteiger partial charge on any atom is 0.280 e. The van der Waals surface area contributed by atoms with Crippen LogP contribution < -0.4 is 0 Å². The van der Waals surface area contributed by atoms with Gasteiger partial charge in [-0.15, -0.1) is 0 Å². The van der Waals surface area contributed by atoms with Gasteiger partial charge < -0.3 is 4.98 Å². The lowest BCUT2D eigenvalue weighted by molar-refractivity contribution is -0.384. The van der Waals surface area contributed by atoms with Crippen LogP contribution in [-0.4, -0.2) is 9.91 Å². The number of fused-ring (bicyclic) bond motifs is 1. The summed E-state index contributed by atoms with van der Waals surface area (Å²) in [6.45, 7) is 0. The number of hydrogen-bond donors (Lipinski definition) is 1. The van der Waals surface area contributed by atoms with Gasteiger partial charge in [0.05, 0.1) is 16.2 Å². The largest absolute Gasteiger partial charge is 0.354 e. The molecule has 0 radical (unpaired) electrons. The second-order valence-corrected chi connectivity index (χ2v) is 4.63. The number of nitro benzene ring substituents is 1. The van der Waals surface area contributed by atoms with Crippen molar-refractivity contribution >= 4 is 28.2 Å². The van der Waals surface area contributed by atoms with Crippen molar-refractivity contribution in [3.05, 3.63) is 63.7 Å². The monoisotopic (exact) mass is 272 g/mol. The molecule has 0 atom stereocenters. The summed E-state index contributed by atoms with van der Waals surface area (Å²) in [7, 11) is 0. The minimum Gasteiger partial charge on any atom is -0.354 e. The average molecular weight is 273 g/mol. The van der Waals surface area contributed by atoms with Crippen molar-refractivity contribution in [2.75, 3.05) is 0 Å². The number of nitrogens with zero attached hydrogens (tertiary/aromatic N) is 1. The molecule has 0 fully saturated rings. The van der Waals surface area contributed by atoms with Gasteiger partial charge in [0.15, 0.2) is 0 Å². The van der Waals surface area contributed by atoms with Crippen LogP contribution in [0, 0.1) is 10.1 Å². The molecule has 2 aromatic carbocycles. The standard InChI is InChI=1S/C14H9ClN2O2/c15-10-5-6-11(14(8-10)17(18)19)13-7-9-3-1-2-4-12(9)16-13/h1-8,16H. The summed E-state index contributed by atoms with van der Waals surface area (Å²) in [6, 6.07) is 14.3. The smallest absolute Gasteiger partial charge is 0.280 e. The molecule has 94 valence electrons. The minimum atomic E-state index is -0.424. The maximum absolute atomic E-state index is 11.1. The summed E-state index contributed by atoms with van der Waals surface area (Å²) in [5, 5.41) is 12.5. The van der Waals surface area contributed by atoms with E-state index in [-0.39, 0.29) is 5.69 Å². The molecule has 1 N–H and O–H groups in total. The number of hydrogen-bond acceptors (Lipinski definition) is 2. The number of rotatable bonds is 2. The van der Waals surface area contributed by atoms with E-state index in [1.807, 2.05) is 30.3 Å². The first kappa shape index (κ1) is 11.7. The minimum absolute atomic E-state index is 0.000874. The molecule has 3 aromatic rings. The van der Waals surface area contributed by atoms with Gasteiger partial charge in [-0.1, -0.05) is 29.8 Å². The number of aromatic amines is 1. The van der Waals surface area contributed by atoms with Crippen LogP contribution >= 0.6 is 11.6 Å². The predicted octanol–water partition coefficient (Wildman–Crippen LogP) is 4.40. The topological polar surface area (TPSA) is 58.9 Å². The number of H-pyrrole nitrogens is 1. The second-order valence-electron chi connectivity index (χ2n) is 4.19. The van der Waals surface area contributed by atoms with Gasteiger partial charge in [0.1, 0.15) is 0 Å². The van der Waals surface area contributed by atoms with Gasteiger partial charge in [-0.2, -0.15) is 0 Å². The quantitative estimate of drug-likeness (QED) is 0.555. The van der Waals surface area contributed by atoms with Crippen LogP contribution in [0.5, 0.6) is 0 Å². The molecule has 19 heavy (non-hydrogen) atoms. The molecule has 0 aliphatic heterocycles. The summed E-state index contributed by atoms with van der Waals surface area (Å²) in [4.78, 5) is 13.9. The van der Waals surface area contributed by atoms with Crippen molar-refractivity contribution in [1.29, 1.82) is 0 Å². The number of benzene rings is 2. The van der Waals surface area contributed by atoms with E-state index in [4.69, 9.17) is 11.6 Å². The van der Waals surface area contributed by atoms with E-state index in [0.29, 0.717) is 16.3 Å². The van der Waals surface area contributed by atoms with E-state index in [1.54, 1.807) is 12.1 Å². The number of halogens is 1. The molecule has 5 heteroatoms. The predicted molar refractivity (Wildman–Crippen MR) is 75.4 cm³/mol. The lowest BCUT2D eigenvalue weighted by atomic mass is 10.1. The van der Waals surface area contributed by atoms with Crippen molar-refractivity contribution in [3.8, 4) is 11.3 Å². The highest BCUT2D eigenvalue weighted by Crippen LogP contribution is 2.33. The van der Waals surface area contributed by atoms with Gasteiger partial charge in [-0.05, 0) is 24.3 Å². The highest BCUT2D eigenvalue weighted by molar-refractivity contribution is 6.30. The number of aromatic nitrogens is 1. The van der Waals surface area contributed by atoms with Crippen LogP contribution in [0.3, 0.4) is 0 Å². The van der Waals surface area contributed by atoms with E-state index in [2.05, 4.69) is 4.98 Å². The molecule has 0 bridgehead atoms. The van der Waals surface area contributed by atoms with E-state index >= 15 is 0 Å². The molecule has 0 amide bonds. The lowest BCUT2D eigenvalue weighted by Crippen LogP contribution is -1.91. The molecule has 0 saturated heterocycles. The first-order valence-corrected chi connectivity index (χ1v) is 6.05. The van der Waals surface area contributed by atoms with Crippen molar-refractivity contribution in [1.82, 2.24) is 4.98 Å². The Hall–Kier alpha value is -2.33. The van der Waals surface area contributed by atoms with Crippen LogP contribution in [0.25, 0.3) is 22.2 Å². The zero-order valence-corrected chi connectivity index (χ0v) is 10.5. The Balaban J connectivity index is 2.23. The fourth-order valence-corrected chi connectivity index (χ4v) is 2.27. The molecule has 0 saturated carbocycles. The number of para-hydroxylation sites is 1. The van der Waals surface area contributed by atoms with Gasteiger partial charge in [-0.3, -0.25) is 10.1 Å². The van der Waals surface area contributed by atoms with Gasteiger partial charge >= 0.3 is 0 Å². The Labute approximate surface area is 113 Å². The summed E-state index contributed by atoms with van der Waals surface area (Å²) in [5.41, 5.74) is 2.19. The molecule has 0 unspecified atom stereocenters. The molecular formula is C14H9ClN2O2. The number of nitrogens with one attached hydrogen (secondary N) is 1. The first-order chi connectivity index (χ1) is 9.15. The van der Waals surface area contributed by atoms with Crippen LogP contribution in [0.15, 0.2) is 48.5 Å². The van der Waals surface area contributed by atoms with E-state index in [0.717, 1.165) is 10.9 Å². The molecule has 1 heterocycles. The average Bonchev–Trinajstić information content (AvgIpc) is 2.82. The third-order valence-corrected chi connectivity index (χ3v) is 3.21. The Kier molecular flexibility index (Phi) is 2.72. The summed E-state index contributed by atoms with van der Waals surface area (Å²) in [6.07, 6.45) is 0. The Morgan fingerprint density at radius 1 is 1.11 bits per heavy atom. The summed E-state index contributed by atoms with van der Waals surface area (Å²) >= 11 is 5.81. The zero-order valence-electron chi connectivity index (χ0n) is 9.76. The fourth-order valence-electron chi connectivity index (χ4n) is 2.10. The summed E-state index contributed by atoms with van der Waals surface area (Å²) < 4.78 is 0. The van der Waals surface area contributed by atoms with Gasteiger partial charge in [0, 0.05) is 22.0 Å². The Morgan fingerprint density at radius 2 is 1.89 bits per heavy atom. The summed E-state index contributed by atoms with van der Waals surface area (Å²) in [5.74, 6) is 0. The Bertz CT molecular complexity index is 747. The SMILES string of the molecule is O=[N+]([O-])c1cc(Cl)ccc1-c1cc2ccccc2[nH]1. The first-order valence-electron chi connectivity index (χ1n) is 5.67. The lowest BCUT2D eigenvalue weighted by Gasteiger charge is -2.00. The van der Waals surface area contributed by atoms with E-state index < -0.39 is 4.92 Å². The van der Waals surface area contributed by atoms with E-state index in [1.165, 1.54) is 6.07 Å². The van der Waals surface area contributed by atoms with Crippen molar-refractivity contribution in [2.24, 2.45) is 0 Å². The zero-order chi connectivity index (χ0) is 13.4. The molecular weight excluding hydrogens is 264 g/mol. The van der Waals surface area contributed by atoms with Gasteiger partial charge in [0.25, 0.3) is 5.69 Å². The van der Waals surface area contributed by atoms with Crippen LogP contribution in [0.2, 0.25) is 5.02 Å². The normalized spacial score (nSPS) is 10.8. The van der Waals surface area contributed by atoms with Crippen LogP contribution in [-0.2, 0) is 0 Å².